The van der Waals surface area contributed by atoms with E-state index in [9.17, 15) is 4.79 Å². The van der Waals surface area contributed by atoms with Gasteiger partial charge >= 0.3 is 6.03 Å². The molecule has 0 spiro atoms. The van der Waals surface area contributed by atoms with Gasteiger partial charge in [0, 0.05) is 24.9 Å². The smallest absolute Gasteiger partial charge is 0.323 e. The van der Waals surface area contributed by atoms with Crippen molar-refractivity contribution in [2.24, 2.45) is 0 Å². The molecule has 1 saturated heterocycles. The lowest BCUT2D eigenvalue weighted by molar-refractivity contribution is 0.194. The molecule has 3 rings (SSSR count). The Hall–Kier alpha value is -2.63. The molecule has 0 bridgehead atoms. The third kappa shape index (κ3) is 3.97. The number of nitrogens with one attached hydrogen (secondary N) is 1. The van der Waals surface area contributed by atoms with Gasteiger partial charge in [-0.1, -0.05) is 0 Å². The zero-order chi connectivity index (χ0) is 16.2. The number of pyridine rings is 2. The summed E-state index contributed by atoms with van der Waals surface area (Å²) >= 11 is 0. The molecule has 0 aliphatic carbocycles. The third-order valence-electron chi connectivity index (χ3n) is 3.70. The van der Waals surface area contributed by atoms with Crippen molar-refractivity contribution >= 4 is 11.8 Å². The molecule has 0 saturated carbocycles. The molecule has 1 aliphatic heterocycles. The Balaban J connectivity index is 1.57. The van der Waals surface area contributed by atoms with E-state index in [1.54, 1.807) is 17.3 Å². The van der Waals surface area contributed by atoms with Crippen LogP contribution in [0.3, 0.4) is 0 Å². The van der Waals surface area contributed by atoms with Crippen LogP contribution in [0, 0.1) is 13.8 Å². The van der Waals surface area contributed by atoms with Crippen molar-refractivity contribution in [1.82, 2.24) is 14.9 Å². The van der Waals surface area contributed by atoms with Crippen LogP contribution >= 0.6 is 0 Å². The zero-order valence-electron chi connectivity index (χ0n) is 13.3. The highest BCUT2D eigenvalue weighted by atomic mass is 16.5. The molecule has 2 aromatic heterocycles. The molecule has 2 aromatic rings. The van der Waals surface area contributed by atoms with Crippen LogP contribution < -0.4 is 10.1 Å². The highest BCUT2D eigenvalue weighted by molar-refractivity contribution is 5.88. The van der Waals surface area contributed by atoms with Gasteiger partial charge in [-0.2, -0.15) is 0 Å². The minimum absolute atomic E-state index is 0.00263. The standard InChI is InChI=1S/C17H20N4O2/c1-12-8-13(2)19-16(9-12)20-17(22)21-7-5-15(11-21)23-14-4-3-6-18-10-14/h3-4,6,8-10,15H,5,7,11H2,1-2H3,(H,19,20,22)/t15-/m1/s1. The van der Waals surface area contributed by atoms with E-state index in [1.165, 1.54) is 0 Å². The predicted octanol–water partition coefficient (Wildman–Crippen LogP) is 2.78. The van der Waals surface area contributed by atoms with E-state index in [0.29, 0.717) is 18.9 Å². The van der Waals surface area contributed by atoms with Crippen molar-refractivity contribution < 1.29 is 9.53 Å². The highest BCUT2D eigenvalue weighted by Gasteiger charge is 2.27. The molecule has 1 atom stereocenters. The molecule has 3 heterocycles. The summed E-state index contributed by atoms with van der Waals surface area (Å²) in [4.78, 5) is 22.5. The number of nitrogens with zero attached hydrogens (tertiary/aromatic N) is 3. The molecular weight excluding hydrogens is 292 g/mol. The Morgan fingerprint density at radius 1 is 1.39 bits per heavy atom. The van der Waals surface area contributed by atoms with Crippen molar-refractivity contribution in [3.63, 3.8) is 0 Å². The lowest BCUT2D eigenvalue weighted by atomic mass is 10.2. The molecule has 6 nitrogen and oxygen atoms in total. The number of anilines is 1. The average molecular weight is 312 g/mol. The van der Waals surface area contributed by atoms with Gasteiger partial charge in [-0.25, -0.2) is 9.78 Å². The Morgan fingerprint density at radius 2 is 2.26 bits per heavy atom. The van der Waals surface area contributed by atoms with Crippen molar-refractivity contribution in [3.8, 4) is 5.75 Å². The van der Waals surface area contributed by atoms with E-state index in [1.807, 2.05) is 38.1 Å². The van der Waals surface area contributed by atoms with Gasteiger partial charge in [-0.3, -0.25) is 10.3 Å². The normalized spacial score (nSPS) is 17.1. The minimum atomic E-state index is -0.139. The van der Waals surface area contributed by atoms with Crippen LogP contribution in [0.5, 0.6) is 5.75 Å². The second kappa shape index (κ2) is 6.64. The Kier molecular flexibility index (Phi) is 4.41. The highest BCUT2D eigenvalue weighted by Crippen LogP contribution is 2.18. The number of aromatic nitrogens is 2. The van der Waals surface area contributed by atoms with Crippen LogP contribution in [0.2, 0.25) is 0 Å². The quantitative estimate of drug-likeness (QED) is 0.946. The molecule has 1 N–H and O–H groups in total. The number of likely N-dealkylation sites (tertiary alicyclic amines) is 1. The van der Waals surface area contributed by atoms with E-state index >= 15 is 0 Å². The predicted molar refractivity (Wildman–Crippen MR) is 87.6 cm³/mol. The minimum Gasteiger partial charge on any atom is -0.487 e. The Bertz CT molecular complexity index is 670. The Morgan fingerprint density at radius 3 is 3.00 bits per heavy atom. The van der Waals surface area contributed by atoms with Crippen LogP contribution in [0.4, 0.5) is 10.6 Å². The summed E-state index contributed by atoms with van der Waals surface area (Å²) in [5, 5.41) is 2.86. The molecule has 1 aliphatic rings. The molecule has 6 heteroatoms. The fraction of sp³-hybridized carbons (Fsp3) is 0.353. The summed E-state index contributed by atoms with van der Waals surface area (Å²) in [6.45, 7) is 5.13. The van der Waals surface area contributed by atoms with Crippen LogP contribution in [0.25, 0.3) is 0 Å². The van der Waals surface area contributed by atoms with E-state index in [-0.39, 0.29) is 12.1 Å². The van der Waals surface area contributed by atoms with Crippen molar-refractivity contribution in [2.45, 2.75) is 26.4 Å². The fourth-order valence-corrected chi connectivity index (χ4v) is 2.71. The molecule has 120 valence electrons. The summed E-state index contributed by atoms with van der Waals surface area (Å²) in [6.07, 6.45) is 4.19. The average Bonchev–Trinajstić information content (AvgIpc) is 2.96. The van der Waals surface area contributed by atoms with Gasteiger partial charge in [-0.15, -0.1) is 0 Å². The molecule has 0 unspecified atom stereocenters. The number of rotatable bonds is 3. The summed E-state index contributed by atoms with van der Waals surface area (Å²) in [6, 6.07) is 7.41. The molecule has 0 aromatic carbocycles. The summed E-state index contributed by atoms with van der Waals surface area (Å²) in [7, 11) is 0. The second-order valence-corrected chi connectivity index (χ2v) is 5.76. The number of hydrogen-bond acceptors (Lipinski definition) is 4. The molecule has 23 heavy (non-hydrogen) atoms. The van der Waals surface area contributed by atoms with Crippen molar-refractivity contribution in [3.05, 3.63) is 47.9 Å². The van der Waals surface area contributed by atoms with Gasteiger partial charge in [0.1, 0.15) is 17.7 Å². The number of amides is 2. The van der Waals surface area contributed by atoms with Crippen molar-refractivity contribution in [2.75, 3.05) is 18.4 Å². The number of carbonyl (C=O) groups is 1. The van der Waals surface area contributed by atoms with Gasteiger partial charge < -0.3 is 9.64 Å². The van der Waals surface area contributed by atoms with E-state index < -0.39 is 0 Å². The maximum Gasteiger partial charge on any atom is 0.323 e. The summed E-state index contributed by atoms with van der Waals surface area (Å²) in [5.41, 5.74) is 1.96. The first kappa shape index (κ1) is 15.3. The SMILES string of the molecule is Cc1cc(C)nc(NC(=O)N2CC[C@@H](Oc3cccnc3)C2)c1. The van der Waals surface area contributed by atoms with Crippen molar-refractivity contribution in [1.29, 1.82) is 0 Å². The number of urea groups is 1. The van der Waals surface area contributed by atoms with Crippen LogP contribution in [0.15, 0.2) is 36.7 Å². The van der Waals surface area contributed by atoms with Gasteiger partial charge in [0.05, 0.1) is 12.7 Å². The van der Waals surface area contributed by atoms with Crippen LogP contribution in [-0.2, 0) is 0 Å². The maximum atomic E-state index is 12.3. The number of ether oxygens (including phenoxy) is 1. The molecule has 1 fully saturated rings. The number of hydrogen-bond donors (Lipinski definition) is 1. The van der Waals surface area contributed by atoms with Crippen LogP contribution in [-0.4, -0.2) is 40.1 Å². The lowest BCUT2D eigenvalue weighted by Gasteiger charge is -2.18. The van der Waals surface area contributed by atoms with E-state index in [4.69, 9.17) is 4.74 Å². The fourth-order valence-electron chi connectivity index (χ4n) is 2.71. The lowest BCUT2D eigenvalue weighted by Crippen LogP contribution is -2.34. The third-order valence-corrected chi connectivity index (χ3v) is 3.70. The van der Waals surface area contributed by atoms with Gasteiger partial charge in [0.25, 0.3) is 0 Å². The Labute approximate surface area is 135 Å². The first-order chi connectivity index (χ1) is 11.1. The monoisotopic (exact) mass is 312 g/mol. The topological polar surface area (TPSA) is 67.4 Å². The molecular formula is C17H20N4O2. The zero-order valence-corrected chi connectivity index (χ0v) is 13.3. The number of aryl methyl sites for hydroxylation is 2. The number of carbonyl (C=O) groups excluding carboxylic acids is 1. The second-order valence-electron chi connectivity index (χ2n) is 5.76. The maximum absolute atomic E-state index is 12.3. The van der Waals surface area contributed by atoms with Gasteiger partial charge in [0.2, 0.25) is 0 Å². The summed E-state index contributed by atoms with van der Waals surface area (Å²) in [5.74, 6) is 1.32. The largest absolute Gasteiger partial charge is 0.487 e. The van der Waals surface area contributed by atoms with Gasteiger partial charge in [-0.05, 0) is 43.7 Å². The summed E-state index contributed by atoms with van der Waals surface area (Å²) < 4.78 is 5.84. The van der Waals surface area contributed by atoms with E-state index in [0.717, 1.165) is 23.4 Å². The van der Waals surface area contributed by atoms with E-state index in [2.05, 4.69) is 15.3 Å². The first-order valence-corrected chi connectivity index (χ1v) is 7.68. The van der Waals surface area contributed by atoms with Gasteiger partial charge in [0.15, 0.2) is 0 Å². The molecule has 0 radical (unpaired) electrons. The van der Waals surface area contributed by atoms with Crippen LogP contribution in [0.1, 0.15) is 17.7 Å². The first-order valence-electron chi connectivity index (χ1n) is 7.68. The molecule has 2 amide bonds.